The molecule has 0 amide bonds. The molecule has 0 heterocycles. The predicted octanol–water partition coefficient (Wildman–Crippen LogP) is 2.07. The highest BCUT2D eigenvalue weighted by molar-refractivity contribution is 5.51. The van der Waals surface area contributed by atoms with E-state index in [1.54, 1.807) is 0 Å². The van der Waals surface area contributed by atoms with Gasteiger partial charge in [0.1, 0.15) is 11.9 Å². The zero-order chi connectivity index (χ0) is 10.4. The van der Waals surface area contributed by atoms with Crippen molar-refractivity contribution in [3.63, 3.8) is 0 Å². The summed E-state index contributed by atoms with van der Waals surface area (Å²) in [6.07, 6.45) is 0.0275. The molecule has 0 bridgehead atoms. The van der Waals surface area contributed by atoms with Crippen LogP contribution in [0.15, 0.2) is 24.3 Å². The topological polar surface area (TPSA) is 44.5 Å². The third kappa shape index (κ3) is 3.26. The van der Waals surface area contributed by atoms with Crippen molar-refractivity contribution in [1.82, 2.24) is 0 Å². The number of anilines is 1. The van der Waals surface area contributed by atoms with Crippen LogP contribution in [0.5, 0.6) is 5.75 Å². The molecular weight excluding hydrogens is 178 g/mol. The summed E-state index contributed by atoms with van der Waals surface area (Å²) < 4.78 is 10.8. The molecule has 14 heavy (non-hydrogen) atoms. The van der Waals surface area contributed by atoms with Crippen molar-refractivity contribution in [2.45, 2.75) is 20.0 Å². The average Bonchev–Trinajstić information content (AvgIpc) is 2.18. The minimum absolute atomic E-state index is 0.0275. The molecule has 3 heteroatoms. The highest BCUT2D eigenvalue weighted by Crippen LogP contribution is 2.20. The van der Waals surface area contributed by atoms with Gasteiger partial charge in [0.2, 0.25) is 0 Å². The second-order valence-electron chi connectivity index (χ2n) is 3.13. The number of hydrogen-bond acceptors (Lipinski definition) is 3. The van der Waals surface area contributed by atoms with Gasteiger partial charge in [0.05, 0.1) is 12.3 Å². The van der Waals surface area contributed by atoms with Crippen LogP contribution in [0.3, 0.4) is 0 Å². The van der Waals surface area contributed by atoms with Crippen LogP contribution in [0.2, 0.25) is 0 Å². The summed E-state index contributed by atoms with van der Waals surface area (Å²) >= 11 is 0. The van der Waals surface area contributed by atoms with Gasteiger partial charge in [0.15, 0.2) is 0 Å². The first-order valence-electron chi connectivity index (χ1n) is 4.83. The number of nitrogen functional groups attached to an aromatic ring is 1. The molecule has 1 atom stereocenters. The van der Waals surface area contributed by atoms with E-state index in [9.17, 15) is 0 Å². The van der Waals surface area contributed by atoms with E-state index >= 15 is 0 Å². The third-order valence-corrected chi connectivity index (χ3v) is 1.80. The van der Waals surface area contributed by atoms with E-state index in [4.69, 9.17) is 15.2 Å². The number of rotatable bonds is 5. The van der Waals surface area contributed by atoms with Crippen molar-refractivity contribution in [3.05, 3.63) is 24.3 Å². The molecule has 0 saturated carbocycles. The van der Waals surface area contributed by atoms with Gasteiger partial charge in [0, 0.05) is 6.61 Å². The molecule has 0 radical (unpaired) electrons. The van der Waals surface area contributed by atoms with Gasteiger partial charge < -0.3 is 15.2 Å². The zero-order valence-corrected chi connectivity index (χ0v) is 8.69. The molecule has 2 N–H and O–H groups in total. The maximum absolute atomic E-state index is 5.73. The fourth-order valence-electron chi connectivity index (χ4n) is 1.12. The Morgan fingerprint density at radius 3 is 2.71 bits per heavy atom. The van der Waals surface area contributed by atoms with E-state index in [-0.39, 0.29) is 6.10 Å². The largest absolute Gasteiger partial charge is 0.486 e. The lowest BCUT2D eigenvalue weighted by molar-refractivity contribution is 0.0661. The van der Waals surface area contributed by atoms with Crippen LogP contribution in [-0.4, -0.2) is 19.3 Å². The maximum Gasteiger partial charge on any atom is 0.142 e. The van der Waals surface area contributed by atoms with E-state index in [1.807, 2.05) is 38.1 Å². The number of para-hydroxylation sites is 2. The Morgan fingerprint density at radius 1 is 1.36 bits per heavy atom. The van der Waals surface area contributed by atoms with Crippen molar-refractivity contribution in [2.75, 3.05) is 18.9 Å². The number of ether oxygens (including phenoxy) is 2. The average molecular weight is 195 g/mol. The SMILES string of the molecule is CCOCC(C)Oc1ccccc1N. The van der Waals surface area contributed by atoms with Gasteiger partial charge in [-0.15, -0.1) is 0 Å². The molecule has 0 spiro atoms. The minimum Gasteiger partial charge on any atom is -0.486 e. The van der Waals surface area contributed by atoms with E-state index in [2.05, 4.69) is 0 Å². The van der Waals surface area contributed by atoms with Gasteiger partial charge in [-0.1, -0.05) is 12.1 Å². The molecule has 78 valence electrons. The molecular formula is C11H17NO2. The molecule has 1 unspecified atom stereocenters. The van der Waals surface area contributed by atoms with Crippen LogP contribution in [0.25, 0.3) is 0 Å². The summed E-state index contributed by atoms with van der Waals surface area (Å²) in [5.41, 5.74) is 6.39. The predicted molar refractivity (Wildman–Crippen MR) is 57.4 cm³/mol. The lowest BCUT2D eigenvalue weighted by Crippen LogP contribution is -2.19. The second kappa shape index (κ2) is 5.50. The molecule has 0 fully saturated rings. The van der Waals surface area contributed by atoms with E-state index < -0.39 is 0 Å². The van der Waals surface area contributed by atoms with Crippen LogP contribution in [0, 0.1) is 0 Å². The number of hydrogen-bond donors (Lipinski definition) is 1. The smallest absolute Gasteiger partial charge is 0.142 e. The van der Waals surface area contributed by atoms with Gasteiger partial charge in [-0.05, 0) is 26.0 Å². The molecule has 1 aromatic carbocycles. The lowest BCUT2D eigenvalue weighted by Gasteiger charge is -2.15. The van der Waals surface area contributed by atoms with Gasteiger partial charge in [-0.2, -0.15) is 0 Å². The van der Waals surface area contributed by atoms with Gasteiger partial charge in [0.25, 0.3) is 0 Å². The standard InChI is InChI=1S/C11H17NO2/c1-3-13-8-9(2)14-11-7-5-4-6-10(11)12/h4-7,9H,3,8,12H2,1-2H3. The highest BCUT2D eigenvalue weighted by Gasteiger charge is 2.05. The first kappa shape index (κ1) is 10.9. The number of nitrogens with two attached hydrogens (primary N) is 1. The molecule has 1 aromatic rings. The first-order chi connectivity index (χ1) is 6.74. The Morgan fingerprint density at radius 2 is 2.07 bits per heavy atom. The van der Waals surface area contributed by atoms with Gasteiger partial charge >= 0.3 is 0 Å². The fourth-order valence-corrected chi connectivity index (χ4v) is 1.12. The highest BCUT2D eigenvalue weighted by atomic mass is 16.5. The molecule has 0 saturated heterocycles. The molecule has 3 nitrogen and oxygen atoms in total. The van der Waals surface area contributed by atoms with Crippen molar-refractivity contribution in [2.24, 2.45) is 0 Å². The summed E-state index contributed by atoms with van der Waals surface area (Å²) in [7, 11) is 0. The Labute approximate surface area is 84.8 Å². The summed E-state index contributed by atoms with van der Waals surface area (Å²) in [6.45, 7) is 5.22. The molecule has 0 aliphatic carbocycles. The molecule has 0 aliphatic rings. The third-order valence-electron chi connectivity index (χ3n) is 1.80. The normalized spacial score (nSPS) is 12.4. The summed E-state index contributed by atoms with van der Waals surface area (Å²) in [5, 5.41) is 0. The maximum atomic E-state index is 5.73. The van der Waals surface area contributed by atoms with Crippen LogP contribution >= 0.6 is 0 Å². The zero-order valence-electron chi connectivity index (χ0n) is 8.69. The number of benzene rings is 1. The summed E-state index contributed by atoms with van der Waals surface area (Å²) in [4.78, 5) is 0. The first-order valence-corrected chi connectivity index (χ1v) is 4.83. The Hall–Kier alpha value is -1.22. The van der Waals surface area contributed by atoms with Crippen molar-refractivity contribution >= 4 is 5.69 Å². The minimum atomic E-state index is 0.0275. The van der Waals surface area contributed by atoms with E-state index in [0.717, 1.165) is 5.75 Å². The van der Waals surface area contributed by atoms with E-state index in [1.165, 1.54) is 0 Å². The van der Waals surface area contributed by atoms with Crippen molar-refractivity contribution < 1.29 is 9.47 Å². The molecule has 0 aromatic heterocycles. The van der Waals surface area contributed by atoms with Crippen LogP contribution < -0.4 is 10.5 Å². The Balaban J connectivity index is 2.47. The summed E-state index contributed by atoms with van der Waals surface area (Å²) in [5.74, 6) is 0.722. The monoisotopic (exact) mass is 195 g/mol. The van der Waals surface area contributed by atoms with Crippen LogP contribution in [0.1, 0.15) is 13.8 Å². The molecule has 1 rings (SSSR count). The quantitative estimate of drug-likeness (QED) is 0.731. The van der Waals surface area contributed by atoms with Gasteiger partial charge in [-0.3, -0.25) is 0 Å². The Bertz CT molecular complexity index is 276. The van der Waals surface area contributed by atoms with Crippen LogP contribution in [0.4, 0.5) is 5.69 Å². The van der Waals surface area contributed by atoms with Gasteiger partial charge in [-0.25, -0.2) is 0 Å². The van der Waals surface area contributed by atoms with Crippen molar-refractivity contribution in [3.8, 4) is 5.75 Å². The Kier molecular flexibility index (Phi) is 4.26. The van der Waals surface area contributed by atoms with E-state index in [0.29, 0.717) is 18.9 Å². The lowest BCUT2D eigenvalue weighted by atomic mass is 10.3. The summed E-state index contributed by atoms with van der Waals surface area (Å²) in [6, 6.07) is 7.47. The molecule has 0 aliphatic heterocycles. The van der Waals surface area contributed by atoms with Crippen molar-refractivity contribution in [1.29, 1.82) is 0 Å². The fraction of sp³-hybridized carbons (Fsp3) is 0.455. The second-order valence-corrected chi connectivity index (χ2v) is 3.13. The van der Waals surface area contributed by atoms with Crippen LogP contribution in [-0.2, 0) is 4.74 Å².